The summed E-state index contributed by atoms with van der Waals surface area (Å²) in [4.78, 5) is 25.8. The lowest BCUT2D eigenvalue weighted by Crippen LogP contribution is -2.42. The van der Waals surface area contributed by atoms with Crippen LogP contribution in [0, 0.1) is 5.92 Å². The zero-order valence-corrected chi connectivity index (χ0v) is 15.5. The number of amides is 1. The molecule has 0 bridgehead atoms. The maximum Gasteiger partial charge on any atom is 0.229 e. The van der Waals surface area contributed by atoms with E-state index in [0.29, 0.717) is 19.6 Å². The molecule has 1 aromatic heterocycles. The molecule has 0 N–H and O–H groups in total. The summed E-state index contributed by atoms with van der Waals surface area (Å²) in [7, 11) is 1.64. The van der Waals surface area contributed by atoms with Gasteiger partial charge in [-0.05, 0) is 30.5 Å². The van der Waals surface area contributed by atoms with E-state index in [0.717, 1.165) is 49.1 Å². The van der Waals surface area contributed by atoms with Crippen LogP contribution in [0.1, 0.15) is 12.0 Å². The Bertz CT molecular complexity index is 799. The van der Waals surface area contributed by atoms with E-state index < -0.39 is 0 Å². The minimum Gasteiger partial charge on any atom is -0.497 e. The molecule has 1 amide bonds. The van der Waals surface area contributed by atoms with Gasteiger partial charge in [0, 0.05) is 44.6 Å². The van der Waals surface area contributed by atoms with Gasteiger partial charge in [0.25, 0.3) is 0 Å². The second-order valence-electron chi connectivity index (χ2n) is 6.90. The van der Waals surface area contributed by atoms with Crippen molar-refractivity contribution < 1.29 is 14.3 Å². The first-order chi connectivity index (χ1) is 13.2. The smallest absolute Gasteiger partial charge is 0.229 e. The third-order valence-electron chi connectivity index (χ3n) is 5.17. The Labute approximate surface area is 158 Å². The molecule has 0 unspecified atom stereocenters. The van der Waals surface area contributed by atoms with Crippen molar-refractivity contribution in [2.45, 2.75) is 12.8 Å². The zero-order valence-electron chi connectivity index (χ0n) is 15.5. The Morgan fingerprint density at radius 1 is 1.19 bits per heavy atom. The van der Waals surface area contributed by atoms with Crippen LogP contribution in [0.25, 0.3) is 0 Å². The minimum atomic E-state index is -0.134. The van der Waals surface area contributed by atoms with Gasteiger partial charge in [-0.25, -0.2) is 9.97 Å². The first-order valence-corrected chi connectivity index (χ1v) is 9.35. The van der Waals surface area contributed by atoms with Gasteiger partial charge in [0.15, 0.2) is 0 Å². The van der Waals surface area contributed by atoms with Crippen molar-refractivity contribution in [3.8, 4) is 11.5 Å². The Morgan fingerprint density at radius 3 is 2.85 bits per heavy atom. The van der Waals surface area contributed by atoms with E-state index in [4.69, 9.17) is 9.47 Å². The summed E-state index contributed by atoms with van der Waals surface area (Å²) in [6.07, 6.45) is 5.12. The number of anilines is 1. The summed E-state index contributed by atoms with van der Waals surface area (Å²) in [6.45, 7) is 3.47. The van der Waals surface area contributed by atoms with Crippen LogP contribution in [-0.4, -0.2) is 60.7 Å². The van der Waals surface area contributed by atoms with Gasteiger partial charge in [-0.15, -0.1) is 0 Å². The highest BCUT2D eigenvalue weighted by Gasteiger charge is 2.31. The highest BCUT2D eigenvalue weighted by atomic mass is 16.5. The van der Waals surface area contributed by atoms with E-state index in [-0.39, 0.29) is 11.8 Å². The second kappa shape index (κ2) is 7.82. The molecule has 7 nitrogen and oxygen atoms in total. The molecule has 0 aliphatic carbocycles. The number of carbonyl (C=O) groups is 1. The molecule has 142 valence electrons. The molecular weight excluding hydrogens is 344 g/mol. The molecule has 2 aliphatic rings. The Morgan fingerprint density at radius 2 is 2.04 bits per heavy atom. The van der Waals surface area contributed by atoms with E-state index in [1.165, 1.54) is 0 Å². The number of fused-ring (bicyclic) bond motifs is 1. The number of methoxy groups -OCH3 is 1. The van der Waals surface area contributed by atoms with Gasteiger partial charge >= 0.3 is 0 Å². The maximum atomic E-state index is 13.1. The summed E-state index contributed by atoms with van der Waals surface area (Å²) in [5, 5.41) is 0. The number of aromatic nitrogens is 2. The van der Waals surface area contributed by atoms with Gasteiger partial charge in [-0.2, -0.15) is 0 Å². The van der Waals surface area contributed by atoms with E-state index in [1.54, 1.807) is 19.5 Å². The molecular formula is C20H24N4O3. The largest absolute Gasteiger partial charge is 0.497 e. The molecule has 2 aliphatic heterocycles. The summed E-state index contributed by atoms with van der Waals surface area (Å²) in [5.41, 5.74) is 1.06. The van der Waals surface area contributed by atoms with Crippen LogP contribution in [0.3, 0.4) is 0 Å². The number of rotatable bonds is 3. The number of ether oxygens (including phenoxy) is 2. The van der Waals surface area contributed by atoms with Gasteiger partial charge in [-0.1, -0.05) is 6.07 Å². The monoisotopic (exact) mass is 368 g/mol. The van der Waals surface area contributed by atoms with Crippen molar-refractivity contribution in [1.82, 2.24) is 14.9 Å². The van der Waals surface area contributed by atoms with Gasteiger partial charge in [0.1, 0.15) is 18.1 Å². The molecule has 0 radical (unpaired) electrons. The predicted octanol–water partition coefficient (Wildman–Crippen LogP) is 1.78. The van der Waals surface area contributed by atoms with Crippen molar-refractivity contribution in [3.63, 3.8) is 0 Å². The normalized spacial score (nSPS) is 19.7. The molecule has 4 rings (SSSR count). The first kappa shape index (κ1) is 17.6. The third-order valence-corrected chi connectivity index (χ3v) is 5.17. The van der Waals surface area contributed by atoms with Crippen LogP contribution in [0.5, 0.6) is 11.5 Å². The Balaban J connectivity index is 1.39. The van der Waals surface area contributed by atoms with Crippen molar-refractivity contribution in [2.75, 3.05) is 44.8 Å². The van der Waals surface area contributed by atoms with Gasteiger partial charge in [-0.3, -0.25) is 4.79 Å². The number of hydrogen-bond donors (Lipinski definition) is 0. The lowest BCUT2D eigenvalue weighted by atomic mass is 9.95. The van der Waals surface area contributed by atoms with Crippen LogP contribution in [0.4, 0.5) is 5.95 Å². The van der Waals surface area contributed by atoms with Crippen LogP contribution in [0.15, 0.2) is 36.7 Å². The molecule has 27 heavy (non-hydrogen) atoms. The minimum absolute atomic E-state index is 0.134. The van der Waals surface area contributed by atoms with Gasteiger partial charge < -0.3 is 19.3 Å². The van der Waals surface area contributed by atoms with Crippen molar-refractivity contribution in [2.24, 2.45) is 5.92 Å². The molecule has 2 aromatic rings. The lowest BCUT2D eigenvalue weighted by Gasteiger charge is -2.30. The molecule has 3 heterocycles. The van der Waals surface area contributed by atoms with Crippen LogP contribution in [-0.2, 0) is 11.2 Å². The number of nitrogens with zero attached hydrogens (tertiary/aromatic N) is 4. The standard InChI is InChI=1S/C20H24N4O3/c1-26-17-5-4-15-12-16(14-27-18(15)13-17)19(25)23-8-3-9-24(11-10-23)20-21-6-2-7-22-20/h2,4-7,13,16H,3,8-12,14H2,1H3/t16-/m0/s1. The summed E-state index contributed by atoms with van der Waals surface area (Å²) >= 11 is 0. The molecule has 1 saturated heterocycles. The molecule has 0 saturated carbocycles. The number of carbonyl (C=O) groups excluding carboxylic acids is 1. The van der Waals surface area contributed by atoms with Crippen molar-refractivity contribution in [1.29, 1.82) is 0 Å². The molecule has 1 atom stereocenters. The SMILES string of the molecule is COc1ccc2c(c1)OC[C@@H](C(=O)N1CCCN(c3ncccn3)CC1)C2. The predicted molar refractivity (Wildman–Crippen MR) is 101 cm³/mol. The van der Waals surface area contributed by atoms with E-state index in [1.807, 2.05) is 29.2 Å². The highest BCUT2D eigenvalue weighted by Crippen LogP contribution is 2.31. The molecule has 1 fully saturated rings. The van der Waals surface area contributed by atoms with Crippen LogP contribution < -0.4 is 14.4 Å². The second-order valence-corrected chi connectivity index (χ2v) is 6.90. The average molecular weight is 368 g/mol. The summed E-state index contributed by atoms with van der Waals surface area (Å²) in [6, 6.07) is 7.61. The van der Waals surface area contributed by atoms with Crippen LogP contribution >= 0.6 is 0 Å². The zero-order chi connectivity index (χ0) is 18.6. The molecule has 7 heteroatoms. The Hall–Kier alpha value is -2.83. The van der Waals surface area contributed by atoms with Gasteiger partial charge in [0.2, 0.25) is 11.9 Å². The highest BCUT2D eigenvalue weighted by molar-refractivity contribution is 5.80. The van der Waals surface area contributed by atoms with Crippen molar-refractivity contribution in [3.05, 3.63) is 42.2 Å². The van der Waals surface area contributed by atoms with Crippen LogP contribution in [0.2, 0.25) is 0 Å². The quantitative estimate of drug-likeness (QED) is 0.823. The molecule has 1 aromatic carbocycles. The lowest BCUT2D eigenvalue weighted by molar-refractivity contribution is -0.136. The summed E-state index contributed by atoms with van der Waals surface area (Å²) < 4.78 is 11.1. The topological polar surface area (TPSA) is 67.8 Å². The molecule has 0 spiro atoms. The summed E-state index contributed by atoms with van der Waals surface area (Å²) in [5.74, 6) is 2.37. The van der Waals surface area contributed by atoms with E-state index >= 15 is 0 Å². The fourth-order valence-corrected chi connectivity index (χ4v) is 3.69. The fourth-order valence-electron chi connectivity index (χ4n) is 3.69. The van der Waals surface area contributed by atoms with Gasteiger partial charge in [0.05, 0.1) is 13.0 Å². The third kappa shape index (κ3) is 3.82. The fraction of sp³-hybridized carbons (Fsp3) is 0.450. The number of hydrogen-bond acceptors (Lipinski definition) is 6. The Kier molecular flexibility index (Phi) is 5.09. The van der Waals surface area contributed by atoms with E-state index in [9.17, 15) is 4.79 Å². The number of benzene rings is 1. The maximum absolute atomic E-state index is 13.1. The van der Waals surface area contributed by atoms with E-state index in [2.05, 4.69) is 14.9 Å². The van der Waals surface area contributed by atoms with Crippen molar-refractivity contribution >= 4 is 11.9 Å². The average Bonchev–Trinajstić information content (AvgIpc) is 2.99. The first-order valence-electron chi connectivity index (χ1n) is 9.35.